The molecule has 0 aliphatic heterocycles. The van der Waals surface area contributed by atoms with Crippen LogP contribution in [-0.4, -0.2) is 27.2 Å². The van der Waals surface area contributed by atoms with Gasteiger partial charge >= 0.3 is 5.97 Å². The second-order valence-corrected chi connectivity index (χ2v) is 9.20. The number of aliphatic carboxylic acids is 1. The summed E-state index contributed by atoms with van der Waals surface area (Å²) in [6, 6.07) is 19.3. The Morgan fingerprint density at radius 2 is 1.52 bits per heavy atom. The molecule has 0 aromatic heterocycles. The highest BCUT2D eigenvalue weighted by atomic mass is 28.2. The lowest BCUT2D eigenvalue weighted by atomic mass is 9.61. The Bertz CT molecular complexity index is 743. The van der Waals surface area contributed by atoms with Crippen LogP contribution in [0.15, 0.2) is 60.7 Å². The average Bonchev–Trinajstić information content (AvgIpc) is 3.10. The number of carbonyl (C=O) groups is 1. The third-order valence-electron chi connectivity index (χ3n) is 6.51. The minimum absolute atomic E-state index is 0.124. The summed E-state index contributed by atoms with van der Waals surface area (Å²) in [6.45, 7) is 6.73. The molecule has 2 aromatic carbocycles. The van der Waals surface area contributed by atoms with E-state index in [0.717, 1.165) is 30.4 Å². The minimum Gasteiger partial charge on any atom is -0.480 e. The molecule has 2 aromatic rings. The summed E-state index contributed by atoms with van der Waals surface area (Å²) in [4.78, 5) is 13.1. The monoisotopic (exact) mass is 382 g/mol. The molecule has 1 N–H and O–H groups in total. The van der Waals surface area contributed by atoms with Crippen molar-refractivity contribution in [1.82, 2.24) is 0 Å². The van der Waals surface area contributed by atoms with Crippen LogP contribution in [0.4, 0.5) is 0 Å². The van der Waals surface area contributed by atoms with Gasteiger partial charge in [-0.2, -0.15) is 0 Å². The van der Waals surface area contributed by atoms with E-state index in [4.69, 9.17) is 4.43 Å². The fraction of sp³-hybridized carbons (Fsp3) is 0.435. The molecule has 27 heavy (non-hydrogen) atoms. The Labute approximate surface area is 165 Å². The van der Waals surface area contributed by atoms with E-state index in [1.165, 1.54) is 0 Å². The Hall–Kier alpha value is -1.91. The molecule has 0 amide bonds. The molecule has 1 fully saturated rings. The van der Waals surface area contributed by atoms with E-state index in [9.17, 15) is 9.90 Å². The summed E-state index contributed by atoms with van der Waals surface area (Å²) in [5, 5.41) is 10.7. The molecule has 2 atom stereocenters. The maximum Gasteiger partial charge on any atom is 0.321 e. The van der Waals surface area contributed by atoms with Crippen molar-refractivity contribution in [2.45, 2.75) is 51.0 Å². The van der Waals surface area contributed by atoms with Gasteiger partial charge in [-0.1, -0.05) is 81.4 Å². The van der Waals surface area contributed by atoms with Crippen molar-refractivity contribution >= 4 is 16.5 Å². The van der Waals surface area contributed by atoms with E-state index < -0.39 is 17.0 Å². The Morgan fingerprint density at radius 3 is 1.85 bits per heavy atom. The molecule has 3 nitrogen and oxygen atoms in total. The first kappa shape index (κ1) is 19.8. The van der Waals surface area contributed by atoms with Gasteiger partial charge in [0.05, 0.1) is 5.60 Å². The standard InChI is InChI=1S/C23H30O3Si/c1-21(2,3)19-14-15-22(16-19,26-27)23(20(24)25,17-10-6-4-7-11-17)18-12-8-5-9-13-18/h4-13,19H,14-16H2,1-3,27H3,(H,24,25). The second kappa shape index (κ2) is 7.25. The van der Waals surface area contributed by atoms with Crippen LogP contribution < -0.4 is 0 Å². The van der Waals surface area contributed by atoms with Crippen molar-refractivity contribution in [2.24, 2.45) is 11.3 Å². The van der Waals surface area contributed by atoms with Gasteiger partial charge in [0, 0.05) is 0 Å². The summed E-state index contributed by atoms with van der Waals surface area (Å²) in [6.07, 6.45) is 2.51. The lowest BCUT2D eigenvalue weighted by Crippen LogP contribution is -2.57. The van der Waals surface area contributed by atoms with Gasteiger partial charge in [0.15, 0.2) is 0 Å². The van der Waals surface area contributed by atoms with Gasteiger partial charge in [0.1, 0.15) is 15.9 Å². The molecule has 3 rings (SSSR count). The molecular formula is C23H30O3Si. The van der Waals surface area contributed by atoms with Crippen molar-refractivity contribution in [3.63, 3.8) is 0 Å². The van der Waals surface area contributed by atoms with E-state index in [0.29, 0.717) is 16.4 Å². The first-order valence-corrected chi connectivity index (χ1v) is 10.5. The predicted molar refractivity (Wildman–Crippen MR) is 112 cm³/mol. The summed E-state index contributed by atoms with van der Waals surface area (Å²) in [5.74, 6) is -0.400. The average molecular weight is 383 g/mol. The van der Waals surface area contributed by atoms with E-state index in [2.05, 4.69) is 20.8 Å². The molecule has 4 heteroatoms. The first-order valence-electron chi connectivity index (χ1n) is 9.67. The second-order valence-electron chi connectivity index (χ2n) is 8.79. The van der Waals surface area contributed by atoms with Crippen LogP contribution in [0.3, 0.4) is 0 Å². The molecule has 144 valence electrons. The molecule has 1 saturated carbocycles. The number of benzene rings is 2. The van der Waals surface area contributed by atoms with Crippen LogP contribution >= 0.6 is 0 Å². The highest BCUT2D eigenvalue weighted by Crippen LogP contribution is 2.56. The van der Waals surface area contributed by atoms with Gasteiger partial charge in [-0.3, -0.25) is 4.79 Å². The van der Waals surface area contributed by atoms with Crippen molar-refractivity contribution in [1.29, 1.82) is 0 Å². The lowest BCUT2D eigenvalue weighted by molar-refractivity contribution is -0.151. The van der Waals surface area contributed by atoms with Crippen LogP contribution in [-0.2, 0) is 14.6 Å². The predicted octanol–water partition coefficient (Wildman–Crippen LogP) is 3.94. The van der Waals surface area contributed by atoms with Crippen LogP contribution in [0.2, 0.25) is 0 Å². The molecule has 0 radical (unpaired) electrons. The SMILES string of the molecule is CC(C)(C)C1CCC(O[SiH3])(C(C(=O)O)(c2ccccc2)c2ccccc2)C1. The molecular weight excluding hydrogens is 352 g/mol. The maximum absolute atomic E-state index is 13.1. The number of carboxylic acid groups (broad SMARTS) is 1. The molecule has 1 aliphatic carbocycles. The van der Waals surface area contributed by atoms with Crippen molar-refractivity contribution < 1.29 is 14.3 Å². The zero-order chi connectivity index (χ0) is 19.7. The topological polar surface area (TPSA) is 46.5 Å². The molecule has 0 heterocycles. The number of carboxylic acids is 1. The van der Waals surface area contributed by atoms with Gasteiger partial charge < -0.3 is 9.53 Å². The molecule has 0 bridgehead atoms. The molecule has 0 spiro atoms. The normalized spacial score (nSPS) is 23.4. The molecule has 2 unspecified atom stereocenters. The van der Waals surface area contributed by atoms with E-state index in [1.54, 1.807) is 0 Å². The Balaban J connectivity index is 2.28. The third kappa shape index (κ3) is 3.15. The highest BCUT2D eigenvalue weighted by Gasteiger charge is 2.62. The third-order valence-corrected chi connectivity index (χ3v) is 7.29. The van der Waals surface area contributed by atoms with E-state index in [1.807, 2.05) is 60.7 Å². The summed E-state index contributed by atoms with van der Waals surface area (Å²) < 4.78 is 6.32. The lowest BCUT2D eigenvalue weighted by Gasteiger charge is -2.47. The van der Waals surface area contributed by atoms with Gasteiger partial charge in [-0.25, -0.2) is 0 Å². The Morgan fingerprint density at radius 1 is 1.04 bits per heavy atom. The largest absolute Gasteiger partial charge is 0.480 e. The number of hydrogen-bond donors (Lipinski definition) is 1. The fourth-order valence-corrected chi connectivity index (χ4v) is 5.62. The van der Waals surface area contributed by atoms with Crippen molar-refractivity contribution in [3.05, 3.63) is 71.8 Å². The minimum atomic E-state index is -1.21. The fourth-order valence-electron chi connectivity index (χ4n) is 4.94. The van der Waals surface area contributed by atoms with Crippen molar-refractivity contribution in [2.75, 3.05) is 0 Å². The van der Waals surface area contributed by atoms with E-state index >= 15 is 0 Å². The zero-order valence-corrected chi connectivity index (χ0v) is 18.7. The van der Waals surface area contributed by atoms with Crippen LogP contribution in [0, 0.1) is 11.3 Å². The van der Waals surface area contributed by atoms with Crippen LogP contribution in [0.5, 0.6) is 0 Å². The molecule has 0 saturated heterocycles. The highest BCUT2D eigenvalue weighted by molar-refractivity contribution is 5.99. The summed E-state index contributed by atoms with van der Waals surface area (Å²) >= 11 is 0. The van der Waals surface area contributed by atoms with Crippen LogP contribution in [0.1, 0.15) is 51.2 Å². The van der Waals surface area contributed by atoms with Gasteiger partial charge in [0.25, 0.3) is 0 Å². The van der Waals surface area contributed by atoms with Gasteiger partial charge in [-0.15, -0.1) is 0 Å². The first-order chi connectivity index (χ1) is 12.8. The molecule has 1 aliphatic rings. The summed E-state index contributed by atoms with van der Waals surface area (Å²) in [5.41, 5.74) is -0.217. The number of hydrogen-bond acceptors (Lipinski definition) is 2. The quantitative estimate of drug-likeness (QED) is 0.797. The maximum atomic E-state index is 13.1. The summed E-state index contributed by atoms with van der Waals surface area (Å²) in [7, 11) is 0.499. The number of rotatable bonds is 5. The smallest absolute Gasteiger partial charge is 0.321 e. The Kier molecular flexibility index (Phi) is 5.33. The van der Waals surface area contributed by atoms with Gasteiger partial charge in [-0.05, 0) is 41.7 Å². The van der Waals surface area contributed by atoms with Crippen molar-refractivity contribution in [3.8, 4) is 0 Å². The van der Waals surface area contributed by atoms with Gasteiger partial charge in [0.2, 0.25) is 0 Å². The van der Waals surface area contributed by atoms with Crippen LogP contribution in [0.25, 0.3) is 0 Å². The van der Waals surface area contributed by atoms with E-state index in [-0.39, 0.29) is 5.41 Å². The zero-order valence-electron chi connectivity index (χ0n) is 16.7.